The lowest BCUT2D eigenvalue weighted by Crippen LogP contribution is -1.51. The zero-order valence-electron chi connectivity index (χ0n) is 3.15. The van der Waals surface area contributed by atoms with Crippen molar-refractivity contribution in [3.63, 3.8) is 0 Å². The van der Waals surface area contributed by atoms with E-state index < -0.39 is 0 Å². The molecule has 0 saturated carbocycles. The van der Waals surface area contributed by atoms with Crippen LogP contribution in [-0.2, 0) is 0 Å². The summed E-state index contributed by atoms with van der Waals surface area (Å²) >= 11 is 0. The SMILES string of the molecule is C.C.N.[B].[B]CP. The number of hydrogen-bond acceptors (Lipinski definition) is 1. The molecule has 5 radical (unpaired) electrons. The van der Waals surface area contributed by atoms with Gasteiger partial charge in [-0.3, -0.25) is 0 Å². The standard InChI is InChI=1S/CH4BP.2CH4.B.H3N/c2-1-3;;;;/h1,3H2;2*1H4;;1H3. The molecule has 1 atom stereocenters. The van der Waals surface area contributed by atoms with Crippen LogP contribution in [-0.4, -0.2) is 22.3 Å². The van der Waals surface area contributed by atoms with E-state index in [2.05, 4.69) is 9.24 Å². The van der Waals surface area contributed by atoms with Gasteiger partial charge in [0, 0.05) is 8.41 Å². The van der Waals surface area contributed by atoms with Crippen LogP contribution in [0, 0.1) is 0 Å². The molecule has 4 heteroatoms. The molecular weight excluding hydrogens is 103 g/mol. The van der Waals surface area contributed by atoms with Gasteiger partial charge in [0.05, 0.1) is 7.85 Å². The Hall–Kier alpha value is 0.520. The molecule has 3 N–H and O–H groups in total. The van der Waals surface area contributed by atoms with E-state index in [-0.39, 0.29) is 29.4 Å². The molecular formula is C3H15B2NP. The van der Waals surface area contributed by atoms with Gasteiger partial charge in [-0.1, -0.05) is 20.9 Å². The van der Waals surface area contributed by atoms with Gasteiger partial charge in [0.25, 0.3) is 0 Å². The van der Waals surface area contributed by atoms with Crippen LogP contribution in [0.1, 0.15) is 14.9 Å². The quantitative estimate of drug-likeness (QED) is 0.374. The van der Waals surface area contributed by atoms with Crippen molar-refractivity contribution in [3.05, 3.63) is 0 Å². The highest BCUT2D eigenvalue weighted by molar-refractivity contribution is 7.19. The molecule has 0 spiro atoms. The first-order chi connectivity index (χ1) is 1.41. The first-order valence-electron chi connectivity index (χ1n) is 0.816. The minimum Gasteiger partial charge on any atom is -0.344 e. The molecule has 0 aromatic rings. The first kappa shape index (κ1) is 50.3. The average molecular weight is 118 g/mol. The van der Waals surface area contributed by atoms with E-state index in [1.165, 1.54) is 0 Å². The van der Waals surface area contributed by atoms with E-state index in [4.69, 9.17) is 7.85 Å². The summed E-state index contributed by atoms with van der Waals surface area (Å²) in [6.45, 7) is 0. The minimum absolute atomic E-state index is 0. The number of hydrogen-bond donors (Lipinski definition) is 1. The zero-order chi connectivity index (χ0) is 2.71. The van der Waals surface area contributed by atoms with Crippen molar-refractivity contribution in [3.8, 4) is 0 Å². The lowest BCUT2D eigenvalue weighted by molar-refractivity contribution is 2.13. The highest BCUT2D eigenvalue weighted by atomic mass is 31.0. The predicted molar refractivity (Wildman–Crippen MR) is 44.6 cm³/mol. The molecule has 0 aliphatic rings. The molecule has 0 aliphatic carbocycles. The highest BCUT2D eigenvalue weighted by Gasteiger charge is 1.36. The van der Waals surface area contributed by atoms with Gasteiger partial charge < -0.3 is 6.15 Å². The van der Waals surface area contributed by atoms with Gasteiger partial charge in [0.2, 0.25) is 0 Å². The first-order valence-corrected chi connectivity index (χ1v) is 1.63. The molecule has 0 saturated heterocycles. The summed E-state index contributed by atoms with van der Waals surface area (Å²) in [5, 5.41) is 0. The maximum absolute atomic E-state index is 4.81. The van der Waals surface area contributed by atoms with Crippen molar-refractivity contribution in [1.82, 2.24) is 6.15 Å². The van der Waals surface area contributed by atoms with E-state index in [1.54, 1.807) is 0 Å². The third kappa shape index (κ3) is 493. The Morgan fingerprint density at radius 1 is 1.29 bits per heavy atom. The number of rotatable bonds is 0. The second-order valence-electron chi connectivity index (χ2n) is 0.236. The van der Waals surface area contributed by atoms with Crippen molar-refractivity contribution in [2.24, 2.45) is 0 Å². The molecule has 43 valence electrons. The molecule has 0 heterocycles. The minimum atomic E-state index is 0. The molecule has 0 bridgehead atoms. The third-order valence-electron chi connectivity index (χ3n) is 0. The molecule has 0 aliphatic heterocycles. The van der Waals surface area contributed by atoms with Gasteiger partial charge in [-0.05, 0) is 0 Å². The van der Waals surface area contributed by atoms with E-state index in [1.807, 2.05) is 0 Å². The summed E-state index contributed by atoms with van der Waals surface area (Å²) in [5.41, 5.74) is 0. The third-order valence-corrected chi connectivity index (χ3v) is 0. The summed E-state index contributed by atoms with van der Waals surface area (Å²) in [6, 6.07) is 0.667. The van der Waals surface area contributed by atoms with Crippen LogP contribution >= 0.6 is 9.24 Å². The Morgan fingerprint density at radius 2 is 1.29 bits per heavy atom. The molecule has 0 amide bonds. The maximum Gasteiger partial charge on any atom is 0.0709 e. The van der Waals surface area contributed by atoms with Crippen molar-refractivity contribution >= 4 is 25.5 Å². The van der Waals surface area contributed by atoms with Gasteiger partial charge in [0.15, 0.2) is 0 Å². The molecule has 0 aromatic heterocycles. The van der Waals surface area contributed by atoms with E-state index in [0.717, 1.165) is 0 Å². The summed E-state index contributed by atoms with van der Waals surface area (Å²) in [5.74, 6) is 0. The Kier molecular flexibility index (Phi) is 618. The monoisotopic (exact) mass is 118 g/mol. The van der Waals surface area contributed by atoms with E-state index in [9.17, 15) is 0 Å². The normalized spacial score (nSPS) is 2.43. The topological polar surface area (TPSA) is 35.0 Å². The summed E-state index contributed by atoms with van der Waals surface area (Å²) in [7, 11) is 7.17. The molecule has 0 fully saturated rings. The second kappa shape index (κ2) is 86.0. The predicted octanol–water partition coefficient (Wildman–Crippen LogP) is 1.04. The fraction of sp³-hybridized carbons (Fsp3) is 1.00. The zero-order valence-corrected chi connectivity index (χ0v) is 4.30. The fourth-order valence-corrected chi connectivity index (χ4v) is 0. The van der Waals surface area contributed by atoms with Crippen LogP contribution in [0.4, 0.5) is 0 Å². The van der Waals surface area contributed by atoms with Gasteiger partial charge >= 0.3 is 0 Å². The molecule has 0 rings (SSSR count). The summed E-state index contributed by atoms with van der Waals surface area (Å²) in [4.78, 5) is 0. The largest absolute Gasteiger partial charge is 0.344 e. The van der Waals surface area contributed by atoms with Crippen LogP contribution in [0.2, 0.25) is 0 Å². The Morgan fingerprint density at radius 3 is 1.29 bits per heavy atom. The summed E-state index contributed by atoms with van der Waals surface area (Å²) < 4.78 is 0. The average Bonchev–Trinajstić information content (AvgIpc) is 0.918. The Labute approximate surface area is 53.4 Å². The molecule has 7 heavy (non-hydrogen) atoms. The van der Waals surface area contributed by atoms with Crippen molar-refractivity contribution in [2.75, 3.05) is 6.06 Å². The van der Waals surface area contributed by atoms with Crippen molar-refractivity contribution in [1.29, 1.82) is 0 Å². The van der Waals surface area contributed by atoms with Gasteiger partial charge in [-0.25, -0.2) is 0 Å². The lowest BCUT2D eigenvalue weighted by atomic mass is 10.2. The maximum atomic E-state index is 4.81. The molecule has 0 aromatic carbocycles. The van der Waals surface area contributed by atoms with Gasteiger partial charge in [-0.15, -0.1) is 9.24 Å². The van der Waals surface area contributed by atoms with Crippen LogP contribution < -0.4 is 6.15 Å². The Bertz CT molecular complexity index is 12.9. The van der Waals surface area contributed by atoms with Crippen LogP contribution in [0.5, 0.6) is 0 Å². The second-order valence-corrected chi connectivity index (χ2v) is 0.707. The Balaban J connectivity index is -0.00000000333. The smallest absolute Gasteiger partial charge is 0.0709 e. The van der Waals surface area contributed by atoms with Crippen LogP contribution in [0.15, 0.2) is 0 Å². The van der Waals surface area contributed by atoms with E-state index in [0.29, 0.717) is 6.06 Å². The molecule has 1 unspecified atom stereocenters. The lowest BCUT2D eigenvalue weighted by Gasteiger charge is -1.47. The molecule has 1 nitrogen and oxygen atoms in total. The fourth-order valence-electron chi connectivity index (χ4n) is 0. The van der Waals surface area contributed by atoms with Crippen LogP contribution in [0.25, 0.3) is 0 Å². The highest BCUT2D eigenvalue weighted by Crippen LogP contribution is 1.62. The van der Waals surface area contributed by atoms with Crippen LogP contribution in [0.3, 0.4) is 0 Å². The van der Waals surface area contributed by atoms with Crippen molar-refractivity contribution in [2.45, 2.75) is 14.9 Å². The van der Waals surface area contributed by atoms with Gasteiger partial charge in [0.1, 0.15) is 0 Å². The van der Waals surface area contributed by atoms with Gasteiger partial charge in [-0.2, -0.15) is 0 Å². The van der Waals surface area contributed by atoms with E-state index >= 15 is 0 Å². The summed E-state index contributed by atoms with van der Waals surface area (Å²) in [6.07, 6.45) is 0. The van der Waals surface area contributed by atoms with Crippen molar-refractivity contribution < 1.29 is 0 Å².